The summed E-state index contributed by atoms with van der Waals surface area (Å²) in [7, 11) is 0. The second-order valence-electron chi connectivity index (χ2n) is 2.70. The maximum Gasteiger partial charge on any atom is 0.228 e. The van der Waals surface area contributed by atoms with Crippen molar-refractivity contribution in [2.24, 2.45) is 0 Å². The molecule has 3 heteroatoms. The number of nitrogens with one attached hydrogen (secondary N) is 1. The van der Waals surface area contributed by atoms with Crippen molar-refractivity contribution in [2.45, 2.75) is 12.8 Å². The Bertz CT molecular complexity index is 253. The third-order valence-corrected chi connectivity index (χ3v) is 1.95. The van der Waals surface area contributed by atoms with Gasteiger partial charge in [-0.1, -0.05) is 0 Å². The Balaban J connectivity index is 2.23. The summed E-state index contributed by atoms with van der Waals surface area (Å²) in [5, 5.41) is 0. The van der Waals surface area contributed by atoms with Gasteiger partial charge in [0.15, 0.2) is 0 Å². The van der Waals surface area contributed by atoms with Crippen LogP contribution in [0.25, 0.3) is 0 Å². The van der Waals surface area contributed by atoms with Crippen LogP contribution in [0.5, 0.6) is 0 Å². The van der Waals surface area contributed by atoms with Crippen LogP contribution in [0, 0.1) is 0 Å². The molecule has 1 aliphatic heterocycles. The lowest BCUT2D eigenvalue weighted by atomic mass is 10.4. The number of aromatic nitrogens is 1. The molecule has 0 aromatic carbocycles. The van der Waals surface area contributed by atoms with Gasteiger partial charge < -0.3 is 4.98 Å². The zero-order valence-corrected chi connectivity index (χ0v) is 6.21. The number of nitrogens with zero attached hydrogens (tertiary/aromatic N) is 1. The molecular formula is C8H10N2O. The van der Waals surface area contributed by atoms with Crippen LogP contribution in [0.1, 0.15) is 12.8 Å². The third-order valence-electron chi connectivity index (χ3n) is 1.95. The first-order chi connectivity index (χ1) is 5.38. The molecule has 1 N–H and O–H groups in total. The molecule has 0 bridgehead atoms. The Labute approximate surface area is 65.0 Å². The minimum absolute atomic E-state index is 0.229. The highest BCUT2D eigenvalue weighted by atomic mass is 16.2. The largest absolute Gasteiger partial charge is 0.348 e. The van der Waals surface area contributed by atoms with E-state index in [0.717, 1.165) is 18.8 Å². The second kappa shape index (κ2) is 2.42. The van der Waals surface area contributed by atoms with Crippen LogP contribution >= 0.6 is 0 Å². The fourth-order valence-corrected chi connectivity index (χ4v) is 1.39. The minimum Gasteiger partial charge on any atom is -0.348 e. The van der Waals surface area contributed by atoms with Crippen molar-refractivity contribution < 1.29 is 4.79 Å². The zero-order valence-electron chi connectivity index (χ0n) is 6.21. The molecule has 0 atom stereocenters. The predicted molar refractivity (Wildman–Crippen MR) is 42.4 cm³/mol. The fourth-order valence-electron chi connectivity index (χ4n) is 1.39. The van der Waals surface area contributed by atoms with Gasteiger partial charge in [-0.05, 0) is 18.6 Å². The number of hydrogen-bond acceptors (Lipinski definition) is 1. The summed E-state index contributed by atoms with van der Waals surface area (Å²) < 4.78 is 0. The highest BCUT2D eigenvalue weighted by Gasteiger charge is 2.21. The van der Waals surface area contributed by atoms with E-state index in [1.807, 2.05) is 18.3 Å². The van der Waals surface area contributed by atoms with Crippen molar-refractivity contribution in [3.05, 3.63) is 18.3 Å². The van der Waals surface area contributed by atoms with E-state index in [4.69, 9.17) is 0 Å². The topological polar surface area (TPSA) is 36.1 Å². The predicted octanol–water partition coefficient (Wildman–Crippen LogP) is 1.14. The van der Waals surface area contributed by atoms with Gasteiger partial charge in [0.25, 0.3) is 0 Å². The Hall–Kier alpha value is -1.25. The third kappa shape index (κ3) is 1.02. The average Bonchev–Trinajstić information content (AvgIpc) is 2.55. The Morgan fingerprint density at radius 2 is 2.45 bits per heavy atom. The molecule has 0 spiro atoms. The first kappa shape index (κ1) is 6.46. The summed E-state index contributed by atoms with van der Waals surface area (Å²) in [4.78, 5) is 16.0. The molecule has 0 radical (unpaired) electrons. The van der Waals surface area contributed by atoms with E-state index in [1.165, 1.54) is 0 Å². The molecule has 0 saturated carbocycles. The number of hydrogen-bond donors (Lipinski definition) is 1. The highest BCUT2D eigenvalue weighted by Crippen LogP contribution is 2.18. The molecule has 3 nitrogen and oxygen atoms in total. The van der Waals surface area contributed by atoms with E-state index < -0.39 is 0 Å². The molecule has 1 saturated heterocycles. The Morgan fingerprint density at radius 1 is 1.55 bits per heavy atom. The van der Waals surface area contributed by atoms with Crippen LogP contribution in [0.15, 0.2) is 18.3 Å². The zero-order chi connectivity index (χ0) is 7.68. The van der Waals surface area contributed by atoms with Crippen LogP contribution in [-0.2, 0) is 4.79 Å². The fraction of sp³-hybridized carbons (Fsp3) is 0.375. The maximum absolute atomic E-state index is 11.2. The van der Waals surface area contributed by atoms with Gasteiger partial charge in [-0.2, -0.15) is 0 Å². The lowest BCUT2D eigenvalue weighted by Gasteiger charge is -2.11. The van der Waals surface area contributed by atoms with Crippen LogP contribution in [0.3, 0.4) is 0 Å². The van der Waals surface area contributed by atoms with E-state index in [9.17, 15) is 4.79 Å². The van der Waals surface area contributed by atoms with Gasteiger partial charge in [-0.15, -0.1) is 0 Å². The first-order valence-corrected chi connectivity index (χ1v) is 3.82. The van der Waals surface area contributed by atoms with Crippen molar-refractivity contribution in [1.82, 2.24) is 4.98 Å². The maximum atomic E-state index is 11.2. The van der Waals surface area contributed by atoms with E-state index >= 15 is 0 Å². The van der Waals surface area contributed by atoms with Gasteiger partial charge in [0.05, 0.1) is 0 Å². The van der Waals surface area contributed by atoms with Gasteiger partial charge in [0, 0.05) is 19.2 Å². The van der Waals surface area contributed by atoms with Gasteiger partial charge >= 0.3 is 0 Å². The van der Waals surface area contributed by atoms with Crippen LogP contribution in [-0.4, -0.2) is 17.4 Å². The number of carbonyl (C=O) groups excluding carboxylic acids is 1. The van der Waals surface area contributed by atoms with Crippen molar-refractivity contribution in [3.63, 3.8) is 0 Å². The SMILES string of the molecule is O=C1CCCN1c1ccc[nH]1. The quantitative estimate of drug-likeness (QED) is 0.640. The lowest BCUT2D eigenvalue weighted by Crippen LogP contribution is -2.23. The molecular weight excluding hydrogens is 140 g/mol. The molecule has 0 unspecified atom stereocenters. The number of H-pyrrole nitrogens is 1. The summed E-state index contributed by atoms with van der Waals surface area (Å²) in [5.41, 5.74) is 0. The Kier molecular flexibility index (Phi) is 1.42. The van der Waals surface area contributed by atoms with Crippen molar-refractivity contribution in [3.8, 4) is 0 Å². The molecule has 1 fully saturated rings. The first-order valence-electron chi connectivity index (χ1n) is 3.82. The molecule has 2 heterocycles. The molecule has 58 valence electrons. The van der Waals surface area contributed by atoms with E-state index in [-0.39, 0.29) is 5.91 Å². The summed E-state index contributed by atoms with van der Waals surface area (Å²) in [6, 6.07) is 3.82. The number of rotatable bonds is 1. The van der Waals surface area contributed by atoms with Gasteiger partial charge in [-0.3, -0.25) is 9.69 Å². The molecule has 1 amide bonds. The lowest BCUT2D eigenvalue weighted by molar-refractivity contribution is -0.117. The van der Waals surface area contributed by atoms with E-state index in [1.54, 1.807) is 4.90 Å². The van der Waals surface area contributed by atoms with Gasteiger partial charge in [0.2, 0.25) is 5.91 Å². The normalized spacial score (nSPS) is 17.8. The van der Waals surface area contributed by atoms with Crippen molar-refractivity contribution in [1.29, 1.82) is 0 Å². The van der Waals surface area contributed by atoms with Crippen LogP contribution in [0.2, 0.25) is 0 Å². The Morgan fingerprint density at radius 3 is 3.00 bits per heavy atom. The van der Waals surface area contributed by atoms with Crippen LogP contribution in [0.4, 0.5) is 5.82 Å². The molecule has 2 rings (SSSR count). The monoisotopic (exact) mass is 150 g/mol. The molecule has 0 aliphatic carbocycles. The summed E-state index contributed by atoms with van der Waals surface area (Å²) in [6.45, 7) is 0.860. The summed E-state index contributed by atoms with van der Waals surface area (Å²) in [5.74, 6) is 1.15. The van der Waals surface area contributed by atoms with Gasteiger partial charge in [0.1, 0.15) is 5.82 Å². The number of amides is 1. The second-order valence-corrected chi connectivity index (χ2v) is 2.70. The molecule has 11 heavy (non-hydrogen) atoms. The summed E-state index contributed by atoms with van der Waals surface area (Å²) >= 11 is 0. The van der Waals surface area contributed by atoms with Crippen LogP contribution < -0.4 is 4.90 Å². The number of anilines is 1. The molecule has 1 aliphatic rings. The summed E-state index contributed by atoms with van der Waals surface area (Å²) in [6.07, 6.45) is 3.51. The molecule has 1 aromatic rings. The van der Waals surface area contributed by atoms with Crippen molar-refractivity contribution >= 4 is 11.7 Å². The van der Waals surface area contributed by atoms with E-state index in [0.29, 0.717) is 6.42 Å². The minimum atomic E-state index is 0.229. The van der Waals surface area contributed by atoms with Gasteiger partial charge in [-0.25, -0.2) is 0 Å². The standard InChI is InChI=1S/C8H10N2O/c11-8-4-2-6-10(8)7-3-1-5-9-7/h1,3,5,9H,2,4,6H2. The average molecular weight is 150 g/mol. The molecule has 1 aromatic heterocycles. The highest BCUT2D eigenvalue weighted by molar-refractivity contribution is 5.94. The number of aromatic amines is 1. The van der Waals surface area contributed by atoms with Crippen molar-refractivity contribution in [2.75, 3.05) is 11.4 Å². The number of carbonyl (C=O) groups is 1. The smallest absolute Gasteiger partial charge is 0.228 e. The van der Waals surface area contributed by atoms with E-state index in [2.05, 4.69) is 4.98 Å².